The van der Waals surface area contributed by atoms with E-state index in [9.17, 15) is 4.79 Å². The quantitative estimate of drug-likeness (QED) is 0.720. The van der Waals surface area contributed by atoms with Crippen molar-refractivity contribution >= 4 is 17.2 Å². The van der Waals surface area contributed by atoms with Crippen LogP contribution in [0.25, 0.3) is 5.57 Å². The average molecular weight is 202 g/mol. The lowest BCUT2D eigenvalue weighted by molar-refractivity contribution is -0.110. The van der Waals surface area contributed by atoms with E-state index in [1.165, 1.54) is 0 Å². The van der Waals surface area contributed by atoms with Crippen LogP contribution >= 0.6 is 0 Å². The molecule has 0 unspecified atom stereocenters. The Morgan fingerprint density at radius 3 is 2.87 bits per heavy atom. The molecular formula is C12H14N2O. The highest BCUT2D eigenvalue weighted by Crippen LogP contribution is 2.32. The molecule has 0 bridgehead atoms. The van der Waals surface area contributed by atoms with Crippen LogP contribution < -0.4 is 10.6 Å². The Hall–Kier alpha value is -1.77. The molecule has 3 nitrogen and oxygen atoms in total. The molecule has 1 aliphatic heterocycles. The number of nitrogens with one attached hydrogen (secondary N) is 2. The van der Waals surface area contributed by atoms with E-state index >= 15 is 0 Å². The lowest BCUT2D eigenvalue weighted by Gasteiger charge is -2.06. The Bertz CT molecular complexity index is 435. The molecule has 1 aromatic carbocycles. The maximum absolute atomic E-state index is 11.7. The monoisotopic (exact) mass is 202 g/mol. The standard InChI is InChI=1S/C12H14N2O/c1-3-13-8(2)11-9-6-4-5-7-10(9)14-12(11)15/h4-7,13H,3H2,1-2H3,(H,14,15). The van der Waals surface area contributed by atoms with E-state index in [1.807, 2.05) is 38.1 Å². The van der Waals surface area contributed by atoms with E-state index < -0.39 is 0 Å². The van der Waals surface area contributed by atoms with Crippen LogP contribution in [0.5, 0.6) is 0 Å². The fraction of sp³-hybridized carbons (Fsp3) is 0.250. The zero-order chi connectivity index (χ0) is 10.8. The maximum Gasteiger partial charge on any atom is 0.258 e. The largest absolute Gasteiger partial charge is 0.388 e. The van der Waals surface area contributed by atoms with Crippen molar-refractivity contribution in [3.63, 3.8) is 0 Å². The molecule has 1 aliphatic rings. The predicted octanol–water partition coefficient (Wildman–Crippen LogP) is 1.98. The molecule has 0 fully saturated rings. The Labute approximate surface area is 89.2 Å². The number of anilines is 1. The number of fused-ring (bicyclic) bond motifs is 1. The summed E-state index contributed by atoms with van der Waals surface area (Å²) in [6, 6.07) is 7.74. The summed E-state index contributed by atoms with van der Waals surface area (Å²) in [7, 11) is 0. The molecule has 0 atom stereocenters. The van der Waals surface area contributed by atoms with E-state index in [0.29, 0.717) is 0 Å². The van der Waals surface area contributed by atoms with E-state index in [2.05, 4.69) is 10.6 Å². The van der Waals surface area contributed by atoms with Gasteiger partial charge in [0, 0.05) is 23.5 Å². The fourth-order valence-electron chi connectivity index (χ4n) is 1.84. The predicted molar refractivity (Wildman–Crippen MR) is 61.3 cm³/mol. The Kier molecular flexibility index (Phi) is 2.46. The number of hydrogen-bond donors (Lipinski definition) is 2. The minimum Gasteiger partial charge on any atom is -0.388 e. The molecule has 0 saturated heterocycles. The highest BCUT2D eigenvalue weighted by Gasteiger charge is 2.25. The number of benzene rings is 1. The number of rotatable bonds is 2. The summed E-state index contributed by atoms with van der Waals surface area (Å²) in [6.07, 6.45) is 0. The molecule has 2 N–H and O–H groups in total. The lowest BCUT2D eigenvalue weighted by Crippen LogP contribution is -2.15. The number of carbonyl (C=O) groups is 1. The van der Waals surface area contributed by atoms with Crippen LogP contribution in [-0.4, -0.2) is 12.5 Å². The third-order valence-corrected chi connectivity index (χ3v) is 2.49. The van der Waals surface area contributed by atoms with E-state index in [1.54, 1.807) is 0 Å². The van der Waals surface area contributed by atoms with Crippen molar-refractivity contribution in [1.82, 2.24) is 5.32 Å². The molecule has 2 rings (SSSR count). The van der Waals surface area contributed by atoms with Gasteiger partial charge in [-0.3, -0.25) is 4.79 Å². The van der Waals surface area contributed by atoms with E-state index in [4.69, 9.17) is 0 Å². The highest BCUT2D eigenvalue weighted by molar-refractivity contribution is 6.32. The summed E-state index contributed by atoms with van der Waals surface area (Å²) in [5.74, 6) is -0.0188. The van der Waals surface area contributed by atoms with E-state index in [-0.39, 0.29) is 5.91 Å². The molecule has 0 aromatic heterocycles. The van der Waals surface area contributed by atoms with Crippen molar-refractivity contribution in [3.8, 4) is 0 Å². The summed E-state index contributed by atoms with van der Waals surface area (Å²) in [4.78, 5) is 11.7. The Morgan fingerprint density at radius 2 is 2.13 bits per heavy atom. The summed E-state index contributed by atoms with van der Waals surface area (Å²) >= 11 is 0. The van der Waals surface area contributed by atoms with Crippen LogP contribution in [0.15, 0.2) is 30.0 Å². The first kappa shape index (κ1) is 9.77. The zero-order valence-corrected chi connectivity index (χ0v) is 8.92. The number of allylic oxidation sites excluding steroid dienone is 1. The molecule has 0 aliphatic carbocycles. The van der Waals surface area contributed by atoms with Gasteiger partial charge < -0.3 is 10.6 Å². The number of hydrogen-bond acceptors (Lipinski definition) is 2. The number of para-hydroxylation sites is 1. The molecule has 1 heterocycles. The summed E-state index contributed by atoms with van der Waals surface area (Å²) < 4.78 is 0. The Balaban J connectivity index is 2.50. The summed E-state index contributed by atoms with van der Waals surface area (Å²) in [5, 5.41) is 6.03. The minimum absolute atomic E-state index is 0.0188. The van der Waals surface area contributed by atoms with Gasteiger partial charge in [0.05, 0.1) is 5.57 Å². The van der Waals surface area contributed by atoms with Gasteiger partial charge in [-0.2, -0.15) is 0 Å². The van der Waals surface area contributed by atoms with E-state index in [0.717, 1.165) is 29.1 Å². The molecular weight excluding hydrogens is 188 g/mol. The van der Waals surface area contributed by atoms with Crippen LogP contribution in [0.1, 0.15) is 19.4 Å². The summed E-state index contributed by atoms with van der Waals surface area (Å²) in [6.45, 7) is 4.77. The van der Waals surface area contributed by atoms with Crippen LogP contribution in [0, 0.1) is 0 Å². The van der Waals surface area contributed by atoms with Gasteiger partial charge in [-0.15, -0.1) is 0 Å². The first-order chi connectivity index (χ1) is 7.24. The molecule has 1 amide bonds. The SMILES string of the molecule is CCNC(C)=C1C(=O)Nc2ccccc21. The van der Waals surface area contributed by atoms with Crippen molar-refractivity contribution in [2.45, 2.75) is 13.8 Å². The smallest absolute Gasteiger partial charge is 0.258 e. The van der Waals surface area contributed by atoms with Crippen LogP contribution in [-0.2, 0) is 4.79 Å². The molecule has 3 heteroatoms. The van der Waals surface area contributed by atoms with Gasteiger partial charge in [0.15, 0.2) is 0 Å². The van der Waals surface area contributed by atoms with Gasteiger partial charge in [-0.1, -0.05) is 18.2 Å². The van der Waals surface area contributed by atoms with Crippen molar-refractivity contribution < 1.29 is 4.79 Å². The second kappa shape index (κ2) is 3.77. The van der Waals surface area contributed by atoms with Crippen molar-refractivity contribution in [1.29, 1.82) is 0 Å². The van der Waals surface area contributed by atoms with Gasteiger partial charge in [0.1, 0.15) is 0 Å². The first-order valence-electron chi connectivity index (χ1n) is 5.09. The molecule has 15 heavy (non-hydrogen) atoms. The van der Waals surface area contributed by atoms with Crippen LogP contribution in [0.4, 0.5) is 5.69 Å². The van der Waals surface area contributed by atoms with Crippen LogP contribution in [0.2, 0.25) is 0 Å². The summed E-state index contributed by atoms with van der Waals surface area (Å²) in [5.41, 5.74) is 3.57. The van der Waals surface area contributed by atoms with Gasteiger partial charge in [0.2, 0.25) is 0 Å². The van der Waals surface area contributed by atoms with Gasteiger partial charge in [-0.05, 0) is 19.9 Å². The second-order valence-corrected chi connectivity index (χ2v) is 3.53. The highest BCUT2D eigenvalue weighted by atomic mass is 16.2. The number of carbonyl (C=O) groups excluding carboxylic acids is 1. The minimum atomic E-state index is -0.0188. The molecule has 0 radical (unpaired) electrons. The molecule has 0 saturated carbocycles. The molecule has 1 aromatic rings. The molecule has 78 valence electrons. The maximum atomic E-state index is 11.7. The van der Waals surface area contributed by atoms with Gasteiger partial charge >= 0.3 is 0 Å². The topological polar surface area (TPSA) is 41.1 Å². The van der Waals surface area contributed by atoms with Crippen molar-refractivity contribution in [2.24, 2.45) is 0 Å². The fourth-order valence-corrected chi connectivity index (χ4v) is 1.84. The Morgan fingerprint density at radius 1 is 1.40 bits per heavy atom. The second-order valence-electron chi connectivity index (χ2n) is 3.53. The first-order valence-corrected chi connectivity index (χ1v) is 5.09. The average Bonchev–Trinajstić information content (AvgIpc) is 2.54. The third kappa shape index (κ3) is 1.61. The van der Waals surface area contributed by atoms with Gasteiger partial charge in [0.25, 0.3) is 5.91 Å². The number of amides is 1. The lowest BCUT2D eigenvalue weighted by atomic mass is 10.1. The molecule has 0 spiro atoms. The van der Waals surface area contributed by atoms with Crippen molar-refractivity contribution in [2.75, 3.05) is 11.9 Å². The van der Waals surface area contributed by atoms with Crippen LogP contribution in [0.3, 0.4) is 0 Å². The normalized spacial score (nSPS) is 17.1. The van der Waals surface area contributed by atoms with Gasteiger partial charge in [-0.25, -0.2) is 0 Å². The third-order valence-electron chi connectivity index (χ3n) is 2.49. The zero-order valence-electron chi connectivity index (χ0n) is 8.92. The van der Waals surface area contributed by atoms with Crippen molar-refractivity contribution in [3.05, 3.63) is 35.5 Å².